The maximum absolute atomic E-state index is 13.4. The molecule has 0 aliphatic heterocycles. The topological polar surface area (TPSA) is 12.9 Å². The Morgan fingerprint density at radius 3 is 2.57 bits per heavy atom. The molecule has 1 nitrogen and oxygen atoms in total. The lowest BCUT2D eigenvalue weighted by atomic mass is 10.1. The van der Waals surface area contributed by atoms with Crippen LogP contribution < -0.4 is 0 Å². The van der Waals surface area contributed by atoms with Gasteiger partial charge in [0.2, 0.25) is 0 Å². The van der Waals surface area contributed by atoms with Gasteiger partial charge in [0.15, 0.2) is 0 Å². The minimum Gasteiger partial charge on any atom is -0.264 e. The molecule has 2 aromatic rings. The lowest BCUT2D eigenvalue weighted by Gasteiger charge is -2.03. The Bertz CT molecular complexity index is 413. The minimum absolute atomic E-state index is 0.289. The second kappa shape index (κ2) is 3.76. The summed E-state index contributed by atoms with van der Waals surface area (Å²) in [6.07, 6.45) is 3.13. The van der Waals surface area contributed by atoms with Crippen LogP contribution in [0.15, 0.2) is 42.7 Å². The third-order valence-corrected chi connectivity index (χ3v) is 2.26. The minimum atomic E-state index is -0.289. The van der Waals surface area contributed by atoms with Crippen molar-refractivity contribution in [2.24, 2.45) is 0 Å². The molecule has 0 spiro atoms. The summed E-state index contributed by atoms with van der Waals surface area (Å²) in [6.45, 7) is 0. The van der Waals surface area contributed by atoms with Crippen molar-refractivity contribution in [2.45, 2.75) is 0 Å². The maximum Gasteiger partial charge on any atom is 0.131 e. The van der Waals surface area contributed by atoms with E-state index in [4.69, 9.17) is 11.6 Å². The summed E-state index contributed by atoms with van der Waals surface area (Å²) in [7, 11) is 0. The highest BCUT2D eigenvalue weighted by Gasteiger charge is 2.07. The summed E-state index contributed by atoms with van der Waals surface area (Å²) < 4.78 is 13.4. The van der Waals surface area contributed by atoms with Crippen molar-refractivity contribution < 1.29 is 4.39 Å². The second-order valence-corrected chi connectivity index (χ2v) is 3.24. The molecule has 0 atom stereocenters. The lowest BCUT2D eigenvalue weighted by Crippen LogP contribution is -1.85. The van der Waals surface area contributed by atoms with Crippen molar-refractivity contribution in [3.05, 3.63) is 53.6 Å². The first-order valence-electron chi connectivity index (χ1n) is 4.13. The van der Waals surface area contributed by atoms with E-state index in [0.717, 1.165) is 0 Å². The predicted molar refractivity (Wildman–Crippen MR) is 54.6 cm³/mol. The summed E-state index contributed by atoms with van der Waals surface area (Å²) in [5.41, 5.74) is 1.10. The Kier molecular flexibility index (Phi) is 2.46. The number of halogens is 2. The van der Waals surface area contributed by atoms with Gasteiger partial charge in [0.1, 0.15) is 5.82 Å². The molecule has 70 valence electrons. The fourth-order valence-electron chi connectivity index (χ4n) is 1.26. The smallest absolute Gasteiger partial charge is 0.131 e. The molecular formula is C11H7ClFN. The van der Waals surface area contributed by atoms with Crippen LogP contribution in [0.2, 0.25) is 5.02 Å². The molecule has 0 N–H and O–H groups in total. The molecular weight excluding hydrogens is 201 g/mol. The normalized spacial score (nSPS) is 10.1. The average Bonchev–Trinajstić information content (AvgIpc) is 2.20. The number of benzene rings is 1. The van der Waals surface area contributed by atoms with E-state index in [2.05, 4.69) is 4.98 Å². The molecule has 1 heterocycles. The van der Waals surface area contributed by atoms with E-state index in [1.54, 1.807) is 36.7 Å². The number of hydrogen-bond donors (Lipinski definition) is 0. The molecule has 0 unspecified atom stereocenters. The third kappa shape index (κ3) is 1.61. The van der Waals surface area contributed by atoms with E-state index in [-0.39, 0.29) is 5.82 Å². The van der Waals surface area contributed by atoms with Crippen LogP contribution in [0.5, 0.6) is 0 Å². The summed E-state index contributed by atoms with van der Waals surface area (Å²) in [6, 6.07) is 8.13. The Morgan fingerprint density at radius 1 is 1.07 bits per heavy atom. The van der Waals surface area contributed by atoms with E-state index in [0.29, 0.717) is 16.1 Å². The predicted octanol–water partition coefficient (Wildman–Crippen LogP) is 3.54. The second-order valence-electron chi connectivity index (χ2n) is 2.84. The Morgan fingerprint density at radius 2 is 1.86 bits per heavy atom. The van der Waals surface area contributed by atoms with Gasteiger partial charge in [-0.05, 0) is 12.1 Å². The highest BCUT2D eigenvalue weighted by atomic mass is 35.5. The first kappa shape index (κ1) is 9.16. The van der Waals surface area contributed by atoms with Gasteiger partial charge in [-0.2, -0.15) is 0 Å². The van der Waals surface area contributed by atoms with Gasteiger partial charge in [-0.25, -0.2) is 4.39 Å². The third-order valence-electron chi connectivity index (χ3n) is 1.93. The zero-order chi connectivity index (χ0) is 9.97. The summed E-state index contributed by atoms with van der Waals surface area (Å²) in [5.74, 6) is -0.289. The van der Waals surface area contributed by atoms with Crippen LogP contribution in [-0.2, 0) is 0 Å². The van der Waals surface area contributed by atoms with Crippen LogP contribution in [0, 0.1) is 5.82 Å². The summed E-state index contributed by atoms with van der Waals surface area (Å²) in [4.78, 5) is 3.91. The van der Waals surface area contributed by atoms with E-state index in [1.807, 2.05) is 0 Å². The van der Waals surface area contributed by atoms with Crippen molar-refractivity contribution in [1.82, 2.24) is 4.98 Å². The standard InChI is InChI=1S/C11H7ClFN/c12-10-5-6-14-7-9(10)8-3-1-2-4-11(8)13/h1-7H. The molecule has 0 amide bonds. The molecule has 0 bridgehead atoms. The Hall–Kier alpha value is -1.41. The highest BCUT2D eigenvalue weighted by Crippen LogP contribution is 2.28. The van der Waals surface area contributed by atoms with Gasteiger partial charge in [0.25, 0.3) is 0 Å². The van der Waals surface area contributed by atoms with Gasteiger partial charge < -0.3 is 0 Å². The van der Waals surface area contributed by atoms with Crippen LogP contribution in [-0.4, -0.2) is 4.98 Å². The van der Waals surface area contributed by atoms with Gasteiger partial charge >= 0.3 is 0 Å². The SMILES string of the molecule is Fc1ccccc1-c1cnccc1Cl. The van der Waals surface area contributed by atoms with E-state index in [9.17, 15) is 4.39 Å². The fraction of sp³-hybridized carbons (Fsp3) is 0. The number of hydrogen-bond acceptors (Lipinski definition) is 1. The molecule has 0 aliphatic rings. The van der Waals surface area contributed by atoms with Crippen LogP contribution in [0.3, 0.4) is 0 Å². The molecule has 0 fully saturated rings. The molecule has 0 radical (unpaired) electrons. The molecule has 0 aliphatic carbocycles. The largest absolute Gasteiger partial charge is 0.264 e. The van der Waals surface area contributed by atoms with Crippen molar-refractivity contribution in [3.63, 3.8) is 0 Å². The number of rotatable bonds is 1. The van der Waals surface area contributed by atoms with Crippen LogP contribution >= 0.6 is 11.6 Å². The molecule has 1 aromatic heterocycles. The Labute approximate surface area is 86.2 Å². The number of pyridine rings is 1. The quantitative estimate of drug-likeness (QED) is 0.697. The molecule has 1 aromatic carbocycles. The van der Waals surface area contributed by atoms with Gasteiger partial charge in [-0.15, -0.1) is 0 Å². The maximum atomic E-state index is 13.4. The number of nitrogens with zero attached hydrogens (tertiary/aromatic N) is 1. The number of aromatic nitrogens is 1. The molecule has 0 saturated carbocycles. The van der Waals surface area contributed by atoms with Gasteiger partial charge in [-0.3, -0.25) is 4.98 Å². The van der Waals surface area contributed by atoms with Crippen molar-refractivity contribution in [1.29, 1.82) is 0 Å². The van der Waals surface area contributed by atoms with Crippen LogP contribution in [0.25, 0.3) is 11.1 Å². The first-order valence-corrected chi connectivity index (χ1v) is 4.51. The molecule has 0 saturated heterocycles. The van der Waals surface area contributed by atoms with E-state index >= 15 is 0 Å². The van der Waals surface area contributed by atoms with Gasteiger partial charge in [-0.1, -0.05) is 29.8 Å². The van der Waals surface area contributed by atoms with Crippen molar-refractivity contribution >= 4 is 11.6 Å². The van der Waals surface area contributed by atoms with Crippen LogP contribution in [0.4, 0.5) is 4.39 Å². The Balaban J connectivity index is 2.61. The van der Waals surface area contributed by atoms with Crippen molar-refractivity contribution in [3.8, 4) is 11.1 Å². The van der Waals surface area contributed by atoms with Gasteiger partial charge in [0.05, 0.1) is 5.02 Å². The summed E-state index contributed by atoms with van der Waals surface area (Å²) >= 11 is 5.92. The highest BCUT2D eigenvalue weighted by molar-refractivity contribution is 6.33. The zero-order valence-corrected chi connectivity index (χ0v) is 8.00. The molecule has 2 rings (SSSR count). The molecule has 3 heteroatoms. The van der Waals surface area contributed by atoms with Crippen molar-refractivity contribution in [2.75, 3.05) is 0 Å². The van der Waals surface area contributed by atoms with Crippen LogP contribution in [0.1, 0.15) is 0 Å². The zero-order valence-electron chi connectivity index (χ0n) is 7.24. The monoisotopic (exact) mass is 207 g/mol. The van der Waals surface area contributed by atoms with Gasteiger partial charge in [0, 0.05) is 23.5 Å². The average molecular weight is 208 g/mol. The molecule has 14 heavy (non-hydrogen) atoms. The first-order chi connectivity index (χ1) is 6.79. The lowest BCUT2D eigenvalue weighted by molar-refractivity contribution is 0.631. The summed E-state index contributed by atoms with van der Waals surface area (Å²) in [5, 5.41) is 0.505. The van der Waals surface area contributed by atoms with E-state index in [1.165, 1.54) is 6.07 Å². The van der Waals surface area contributed by atoms with E-state index < -0.39 is 0 Å². The fourth-order valence-corrected chi connectivity index (χ4v) is 1.46.